The molecule has 0 aliphatic heterocycles. The van der Waals surface area contributed by atoms with E-state index in [0.29, 0.717) is 12.3 Å². The van der Waals surface area contributed by atoms with Crippen LogP contribution in [0.5, 0.6) is 5.75 Å². The minimum atomic E-state index is -3.62. The van der Waals surface area contributed by atoms with Crippen LogP contribution in [0.1, 0.15) is 11.6 Å². The van der Waals surface area contributed by atoms with Gasteiger partial charge in [-0.1, -0.05) is 60.7 Å². The number of nitrogens with one attached hydrogen (secondary N) is 1. The fourth-order valence-corrected chi connectivity index (χ4v) is 3.73. The molecule has 3 aromatic carbocycles. The molecule has 3 aromatic rings. The van der Waals surface area contributed by atoms with Crippen LogP contribution in [0.2, 0.25) is 0 Å². The van der Waals surface area contributed by atoms with Gasteiger partial charge < -0.3 is 14.8 Å². The van der Waals surface area contributed by atoms with Crippen LogP contribution in [-0.2, 0) is 19.0 Å². The second kappa shape index (κ2) is 12.1. The molecule has 2 unspecified atom stereocenters. The molecule has 8 nitrogen and oxygen atoms in total. The third-order valence-electron chi connectivity index (χ3n) is 5.07. The van der Waals surface area contributed by atoms with Gasteiger partial charge >= 0.3 is 0 Å². The van der Waals surface area contributed by atoms with E-state index in [1.807, 2.05) is 79.8 Å². The highest BCUT2D eigenvalue weighted by molar-refractivity contribution is 7.85. The summed E-state index contributed by atoms with van der Waals surface area (Å²) >= 11 is 0. The highest BCUT2D eigenvalue weighted by Crippen LogP contribution is 2.21. The third kappa shape index (κ3) is 8.39. The summed E-state index contributed by atoms with van der Waals surface area (Å²) in [5.41, 5.74) is 1.10. The van der Waals surface area contributed by atoms with Crippen molar-refractivity contribution in [1.82, 2.24) is 10.3 Å². The van der Waals surface area contributed by atoms with Crippen molar-refractivity contribution in [3.8, 4) is 5.75 Å². The molecule has 0 heterocycles. The summed E-state index contributed by atoms with van der Waals surface area (Å²) in [5.74, 6) is 6.81. The van der Waals surface area contributed by atoms with Gasteiger partial charge in [0.05, 0.1) is 12.9 Å². The average Bonchev–Trinajstić information content (AvgIpc) is 2.81. The number of hydrogen-bond donors (Lipinski definition) is 2. The van der Waals surface area contributed by atoms with Gasteiger partial charge in [0.1, 0.15) is 25.2 Å². The number of nitrogens with zero attached hydrogens (tertiary/aromatic N) is 1. The van der Waals surface area contributed by atoms with E-state index in [9.17, 15) is 8.42 Å². The minimum Gasteiger partial charge on any atom is -0.491 e. The molecule has 178 valence electrons. The predicted molar refractivity (Wildman–Crippen MR) is 129 cm³/mol. The van der Waals surface area contributed by atoms with Crippen molar-refractivity contribution in [3.63, 3.8) is 0 Å². The largest absolute Gasteiger partial charge is 0.491 e. The van der Waals surface area contributed by atoms with Gasteiger partial charge in [-0.2, -0.15) is 8.42 Å². The fraction of sp³-hybridized carbons (Fsp3) is 0.333. The van der Waals surface area contributed by atoms with Gasteiger partial charge in [0.15, 0.2) is 0 Å². The first-order valence-electron chi connectivity index (χ1n) is 10.6. The molecule has 3 N–H and O–H groups in total. The lowest BCUT2D eigenvalue weighted by molar-refractivity contribution is -0.0590. The van der Waals surface area contributed by atoms with Gasteiger partial charge in [0, 0.05) is 12.6 Å². The van der Waals surface area contributed by atoms with Crippen molar-refractivity contribution in [3.05, 3.63) is 78.4 Å². The topological polar surface area (TPSA) is 103 Å². The maximum Gasteiger partial charge on any atom is 0.264 e. The number of rotatable bonds is 13. The Labute approximate surface area is 195 Å². The molecule has 9 heteroatoms. The summed E-state index contributed by atoms with van der Waals surface area (Å²) in [4.78, 5) is 0. The van der Waals surface area contributed by atoms with E-state index >= 15 is 0 Å². The SMILES string of the molecule is CNC(CN(N)COC(COc1ccc2ccccc2c1)COS(C)(=O)=O)c1ccccc1. The number of likely N-dealkylation sites (N-methyl/N-ethyl adjacent to an activating group) is 1. The van der Waals surface area contributed by atoms with Gasteiger partial charge in [-0.3, -0.25) is 10.0 Å². The standard InChI is InChI=1S/C24H31N3O5S/c1-26-24(20-9-4-3-5-10-20)15-27(25)18-31-23(17-32-33(2,28)29)16-30-22-13-12-19-8-6-7-11-21(19)14-22/h3-14,23-24,26H,15-18,25H2,1-2H3. The van der Waals surface area contributed by atoms with Crippen molar-refractivity contribution in [1.29, 1.82) is 0 Å². The van der Waals surface area contributed by atoms with Crippen LogP contribution < -0.4 is 15.9 Å². The molecule has 0 saturated heterocycles. The lowest BCUT2D eigenvalue weighted by atomic mass is 10.1. The summed E-state index contributed by atoms with van der Waals surface area (Å²) in [6.07, 6.45) is 0.364. The molecule has 0 amide bonds. The van der Waals surface area contributed by atoms with E-state index in [2.05, 4.69) is 5.32 Å². The maximum atomic E-state index is 11.5. The molecule has 0 bridgehead atoms. The Hall–Kier alpha value is -2.53. The van der Waals surface area contributed by atoms with Crippen molar-refractivity contribution >= 4 is 20.9 Å². The lowest BCUT2D eigenvalue weighted by Gasteiger charge is -2.26. The average molecular weight is 474 g/mol. The number of fused-ring (bicyclic) bond motifs is 1. The van der Waals surface area contributed by atoms with Crippen LogP contribution >= 0.6 is 0 Å². The molecule has 33 heavy (non-hydrogen) atoms. The summed E-state index contributed by atoms with van der Waals surface area (Å²) in [5, 5.41) is 6.92. The van der Waals surface area contributed by atoms with Crippen molar-refractivity contribution < 1.29 is 22.1 Å². The molecule has 3 rings (SSSR count). The highest BCUT2D eigenvalue weighted by atomic mass is 32.2. The van der Waals surface area contributed by atoms with Crippen molar-refractivity contribution in [2.45, 2.75) is 12.1 Å². The molecular weight excluding hydrogens is 442 g/mol. The van der Waals surface area contributed by atoms with E-state index < -0.39 is 16.2 Å². The van der Waals surface area contributed by atoms with Gasteiger partial charge in [-0.05, 0) is 35.5 Å². The van der Waals surface area contributed by atoms with Crippen molar-refractivity contribution in [2.75, 3.05) is 39.8 Å². The first kappa shape index (κ1) is 25.1. The number of ether oxygens (including phenoxy) is 2. The summed E-state index contributed by atoms with van der Waals surface area (Å²) in [6.45, 7) is 0.500. The normalized spacial score (nSPS) is 13.8. The van der Waals surface area contributed by atoms with E-state index in [-0.39, 0.29) is 26.0 Å². The molecule has 0 aliphatic rings. The van der Waals surface area contributed by atoms with Crippen LogP contribution in [0.25, 0.3) is 10.8 Å². The first-order valence-corrected chi connectivity index (χ1v) is 12.4. The summed E-state index contributed by atoms with van der Waals surface area (Å²) < 4.78 is 39.6. The first-order chi connectivity index (χ1) is 15.8. The van der Waals surface area contributed by atoms with Crippen molar-refractivity contribution in [2.24, 2.45) is 5.84 Å². The number of hydrogen-bond acceptors (Lipinski definition) is 8. The zero-order valence-corrected chi connectivity index (χ0v) is 19.7. The molecule has 0 saturated carbocycles. The van der Waals surface area contributed by atoms with Gasteiger partial charge in [0.2, 0.25) is 0 Å². The van der Waals surface area contributed by atoms with Crippen LogP contribution in [0, 0.1) is 0 Å². The Bertz CT molecular complexity index is 1110. The molecular formula is C24H31N3O5S. The monoisotopic (exact) mass is 473 g/mol. The van der Waals surface area contributed by atoms with Crippen LogP contribution in [-0.4, -0.2) is 59.3 Å². The number of nitrogens with two attached hydrogens (primary N) is 1. The highest BCUT2D eigenvalue weighted by Gasteiger charge is 2.18. The Kier molecular flexibility index (Phi) is 9.19. The van der Waals surface area contributed by atoms with Crippen LogP contribution in [0.15, 0.2) is 72.8 Å². The predicted octanol–water partition coefficient (Wildman–Crippen LogP) is 2.67. The number of hydrazine groups is 1. The summed E-state index contributed by atoms with van der Waals surface area (Å²) in [6, 6.07) is 23.7. The van der Waals surface area contributed by atoms with E-state index in [1.165, 1.54) is 5.01 Å². The van der Waals surface area contributed by atoms with Gasteiger partial charge in [-0.25, -0.2) is 5.01 Å². The van der Waals surface area contributed by atoms with E-state index in [1.54, 1.807) is 0 Å². The molecule has 0 aromatic heterocycles. The quantitative estimate of drug-likeness (QED) is 0.169. The zero-order valence-electron chi connectivity index (χ0n) is 18.9. The second-order valence-electron chi connectivity index (χ2n) is 7.75. The molecule has 2 atom stereocenters. The van der Waals surface area contributed by atoms with Crippen LogP contribution in [0.3, 0.4) is 0 Å². The zero-order chi connectivity index (χ0) is 23.7. The Morgan fingerprint density at radius 3 is 2.36 bits per heavy atom. The molecule has 0 spiro atoms. The van der Waals surface area contributed by atoms with Crippen LogP contribution in [0.4, 0.5) is 0 Å². The van der Waals surface area contributed by atoms with E-state index in [4.69, 9.17) is 19.5 Å². The summed E-state index contributed by atoms with van der Waals surface area (Å²) in [7, 11) is -1.75. The fourth-order valence-electron chi connectivity index (χ4n) is 3.33. The minimum absolute atomic E-state index is 0.0133. The Morgan fingerprint density at radius 2 is 1.67 bits per heavy atom. The molecule has 0 fully saturated rings. The Morgan fingerprint density at radius 1 is 0.970 bits per heavy atom. The van der Waals surface area contributed by atoms with E-state index in [0.717, 1.165) is 22.6 Å². The second-order valence-corrected chi connectivity index (χ2v) is 9.39. The Balaban J connectivity index is 1.58. The molecule has 0 aliphatic carbocycles. The lowest BCUT2D eigenvalue weighted by Crippen LogP contribution is -2.42. The van der Waals surface area contributed by atoms with Gasteiger partial charge in [0.25, 0.3) is 10.1 Å². The molecule has 0 radical (unpaired) electrons. The maximum absolute atomic E-state index is 11.5. The smallest absolute Gasteiger partial charge is 0.264 e. The van der Waals surface area contributed by atoms with Gasteiger partial charge in [-0.15, -0.1) is 0 Å². The number of benzene rings is 3. The third-order valence-corrected chi connectivity index (χ3v) is 5.63.